The van der Waals surface area contributed by atoms with Crippen LogP contribution in [0.2, 0.25) is 0 Å². The van der Waals surface area contributed by atoms with E-state index in [0.29, 0.717) is 11.6 Å². The van der Waals surface area contributed by atoms with Gasteiger partial charge in [-0.05, 0) is 18.1 Å². The van der Waals surface area contributed by atoms with Crippen LogP contribution in [0.3, 0.4) is 0 Å². The minimum Gasteiger partial charge on any atom is -0.335 e. The molecule has 116 valence electrons. The van der Waals surface area contributed by atoms with Gasteiger partial charge in [-0.25, -0.2) is 4.98 Å². The summed E-state index contributed by atoms with van der Waals surface area (Å²) in [6.45, 7) is 9.07. The Morgan fingerprint density at radius 3 is 2.55 bits per heavy atom. The summed E-state index contributed by atoms with van der Waals surface area (Å²) < 4.78 is 0. The molecule has 1 aliphatic rings. The van der Waals surface area contributed by atoms with Crippen LogP contribution in [-0.4, -0.2) is 53.4 Å². The highest BCUT2D eigenvalue weighted by molar-refractivity contribution is 5.95. The van der Waals surface area contributed by atoms with Crippen molar-refractivity contribution in [3.05, 3.63) is 42.1 Å². The molecule has 0 spiro atoms. The van der Waals surface area contributed by atoms with Gasteiger partial charge in [0.05, 0.1) is 5.52 Å². The molecule has 4 heteroatoms. The van der Waals surface area contributed by atoms with E-state index in [1.54, 1.807) is 0 Å². The largest absolute Gasteiger partial charge is 0.335 e. The van der Waals surface area contributed by atoms with Crippen molar-refractivity contribution in [3.8, 4) is 0 Å². The first kappa shape index (κ1) is 15.0. The molecule has 2 heterocycles. The Morgan fingerprint density at radius 1 is 1.09 bits per heavy atom. The molecule has 0 N–H and O–H groups in total. The van der Waals surface area contributed by atoms with Gasteiger partial charge in [-0.2, -0.15) is 0 Å². The maximum absolute atomic E-state index is 12.6. The summed E-state index contributed by atoms with van der Waals surface area (Å²) in [6, 6.07) is 11.7. The minimum atomic E-state index is 0.0509. The van der Waals surface area contributed by atoms with Gasteiger partial charge in [0.2, 0.25) is 0 Å². The predicted molar refractivity (Wildman–Crippen MR) is 88.9 cm³/mol. The number of pyridine rings is 1. The van der Waals surface area contributed by atoms with Crippen molar-refractivity contribution < 1.29 is 4.79 Å². The van der Waals surface area contributed by atoms with E-state index in [0.717, 1.165) is 43.6 Å². The number of para-hydroxylation sites is 1. The third-order valence-electron chi connectivity index (χ3n) is 4.10. The zero-order valence-corrected chi connectivity index (χ0v) is 13.3. The lowest BCUT2D eigenvalue weighted by Gasteiger charge is -2.35. The summed E-state index contributed by atoms with van der Waals surface area (Å²) in [7, 11) is 0. The number of rotatable bonds is 3. The zero-order chi connectivity index (χ0) is 15.5. The lowest BCUT2D eigenvalue weighted by Crippen LogP contribution is -2.49. The van der Waals surface area contributed by atoms with Crippen LogP contribution >= 0.6 is 0 Å². The van der Waals surface area contributed by atoms with Crippen LogP contribution in [0.4, 0.5) is 0 Å². The van der Waals surface area contributed by atoms with Gasteiger partial charge in [0, 0.05) is 38.1 Å². The highest BCUT2D eigenvalue weighted by Gasteiger charge is 2.23. The predicted octanol–water partition coefficient (Wildman–Crippen LogP) is 2.65. The molecule has 1 aliphatic heterocycles. The summed E-state index contributed by atoms with van der Waals surface area (Å²) in [5.74, 6) is 0.722. The van der Waals surface area contributed by atoms with Crippen LogP contribution < -0.4 is 0 Å². The molecule has 0 bridgehead atoms. The average molecular weight is 297 g/mol. The molecule has 1 saturated heterocycles. The number of nitrogens with zero attached hydrogens (tertiary/aromatic N) is 3. The Balaban J connectivity index is 1.68. The Bertz CT molecular complexity index is 660. The summed E-state index contributed by atoms with van der Waals surface area (Å²) >= 11 is 0. The maximum atomic E-state index is 12.6. The van der Waals surface area contributed by atoms with Crippen LogP contribution in [-0.2, 0) is 0 Å². The lowest BCUT2D eigenvalue weighted by molar-refractivity contribution is 0.0618. The van der Waals surface area contributed by atoms with Gasteiger partial charge in [-0.1, -0.05) is 38.1 Å². The molecule has 0 saturated carbocycles. The molecule has 0 aliphatic carbocycles. The summed E-state index contributed by atoms with van der Waals surface area (Å²) in [4.78, 5) is 21.5. The Hall–Kier alpha value is -1.94. The molecule has 1 amide bonds. The highest BCUT2D eigenvalue weighted by atomic mass is 16.2. The normalized spacial score (nSPS) is 16.4. The first-order chi connectivity index (χ1) is 10.6. The fourth-order valence-electron chi connectivity index (χ4n) is 3.00. The summed E-state index contributed by atoms with van der Waals surface area (Å²) in [5.41, 5.74) is 1.43. The fourth-order valence-corrected chi connectivity index (χ4v) is 3.00. The third kappa shape index (κ3) is 3.28. The molecule has 1 aromatic heterocycles. The van der Waals surface area contributed by atoms with Gasteiger partial charge >= 0.3 is 0 Å². The van der Waals surface area contributed by atoms with Crippen LogP contribution in [0.25, 0.3) is 10.9 Å². The van der Waals surface area contributed by atoms with Gasteiger partial charge in [-0.15, -0.1) is 0 Å². The molecular formula is C18H23N3O. The Labute approximate surface area is 131 Å². The zero-order valence-electron chi connectivity index (χ0n) is 13.3. The van der Waals surface area contributed by atoms with Crippen LogP contribution in [0.5, 0.6) is 0 Å². The van der Waals surface area contributed by atoms with Crippen molar-refractivity contribution >= 4 is 16.8 Å². The summed E-state index contributed by atoms with van der Waals surface area (Å²) in [5, 5.41) is 1.07. The van der Waals surface area contributed by atoms with Crippen LogP contribution in [0.1, 0.15) is 24.3 Å². The number of amides is 1. The average Bonchev–Trinajstić information content (AvgIpc) is 2.54. The van der Waals surface area contributed by atoms with E-state index in [4.69, 9.17) is 0 Å². The topological polar surface area (TPSA) is 36.4 Å². The van der Waals surface area contributed by atoms with E-state index in [1.807, 2.05) is 41.3 Å². The molecule has 0 unspecified atom stereocenters. The smallest absolute Gasteiger partial charge is 0.272 e. The van der Waals surface area contributed by atoms with Gasteiger partial charge < -0.3 is 4.90 Å². The van der Waals surface area contributed by atoms with E-state index in [1.165, 1.54) is 0 Å². The second kappa shape index (κ2) is 6.44. The summed E-state index contributed by atoms with van der Waals surface area (Å²) in [6.07, 6.45) is 0. The fraction of sp³-hybridized carbons (Fsp3) is 0.444. The standard InChI is InChI=1S/C18H23N3O/c1-14(2)13-20-9-11-21(12-10-20)18(22)17-8-7-15-5-3-4-6-16(15)19-17/h3-8,14H,9-13H2,1-2H3. The van der Waals surface area contributed by atoms with Gasteiger partial charge in [0.15, 0.2) is 0 Å². The van der Waals surface area contributed by atoms with E-state index in [-0.39, 0.29) is 5.91 Å². The Kier molecular flexibility index (Phi) is 4.39. The molecule has 4 nitrogen and oxygen atoms in total. The maximum Gasteiger partial charge on any atom is 0.272 e. The van der Waals surface area contributed by atoms with E-state index in [9.17, 15) is 4.79 Å². The molecule has 0 radical (unpaired) electrons. The SMILES string of the molecule is CC(C)CN1CCN(C(=O)c2ccc3ccccc3n2)CC1. The lowest BCUT2D eigenvalue weighted by atomic mass is 10.1. The number of hydrogen-bond donors (Lipinski definition) is 0. The molecule has 1 aromatic carbocycles. The molecule has 1 fully saturated rings. The number of carbonyl (C=O) groups excluding carboxylic acids is 1. The number of aromatic nitrogens is 1. The van der Waals surface area contributed by atoms with Crippen molar-refractivity contribution in [3.63, 3.8) is 0 Å². The number of hydrogen-bond acceptors (Lipinski definition) is 3. The van der Waals surface area contributed by atoms with Gasteiger partial charge in [0.25, 0.3) is 5.91 Å². The van der Waals surface area contributed by atoms with Gasteiger partial charge in [-0.3, -0.25) is 9.69 Å². The number of fused-ring (bicyclic) bond motifs is 1. The van der Waals surface area contributed by atoms with E-state index >= 15 is 0 Å². The molecule has 3 rings (SSSR count). The molecule has 0 atom stereocenters. The van der Waals surface area contributed by atoms with Crippen LogP contribution in [0, 0.1) is 5.92 Å². The van der Waals surface area contributed by atoms with E-state index in [2.05, 4.69) is 23.7 Å². The second-order valence-electron chi connectivity index (χ2n) is 6.38. The van der Waals surface area contributed by atoms with Crippen molar-refractivity contribution in [2.75, 3.05) is 32.7 Å². The second-order valence-corrected chi connectivity index (χ2v) is 6.38. The molecule has 2 aromatic rings. The van der Waals surface area contributed by atoms with Crippen molar-refractivity contribution in [1.82, 2.24) is 14.8 Å². The molecule has 22 heavy (non-hydrogen) atoms. The number of benzene rings is 1. The first-order valence-corrected chi connectivity index (χ1v) is 8.01. The third-order valence-corrected chi connectivity index (χ3v) is 4.10. The van der Waals surface area contributed by atoms with E-state index < -0.39 is 0 Å². The van der Waals surface area contributed by atoms with Gasteiger partial charge in [0.1, 0.15) is 5.69 Å². The number of piperazine rings is 1. The highest BCUT2D eigenvalue weighted by Crippen LogP contribution is 2.14. The monoisotopic (exact) mass is 297 g/mol. The quantitative estimate of drug-likeness (QED) is 0.874. The van der Waals surface area contributed by atoms with Crippen molar-refractivity contribution in [1.29, 1.82) is 0 Å². The van der Waals surface area contributed by atoms with Crippen molar-refractivity contribution in [2.45, 2.75) is 13.8 Å². The Morgan fingerprint density at radius 2 is 1.82 bits per heavy atom. The molecular weight excluding hydrogens is 274 g/mol. The number of carbonyl (C=O) groups is 1. The van der Waals surface area contributed by atoms with Crippen molar-refractivity contribution in [2.24, 2.45) is 5.92 Å². The first-order valence-electron chi connectivity index (χ1n) is 8.01. The minimum absolute atomic E-state index is 0.0509. The van der Waals surface area contributed by atoms with Crippen LogP contribution in [0.15, 0.2) is 36.4 Å².